The Hall–Kier alpha value is -1.43. The molecule has 1 aromatic carbocycles. The van der Waals surface area contributed by atoms with E-state index in [1.54, 1.807) is 18.9 Å². The zero-order valence-electron chi connectivity index (χ0n) is 10.1. The van der Waals surface area contributed by atoms with Crippen LogP contribution in [0.15, 0.2) is 30.3 Å². The van der Waals surface area contributed by atoms with Gasteiger partial charge in [-0.3, -0.25) is 15.1 Å². The van der Waals surface area contributed by atoms with Crippen molar-refractivity contribution in [2.24, 2.45) is 5.84 Å². The van der Waals surface area contributed by atoms with Gasteiger partial charge in [-0.25, -0.2) is 5.84 Å². The first-order chi connectivity index (χ1) is 8.06. The number of hydrogen-bond donors (Lipinski definition) is 3. The summed E-state index contributed by atoms with van der Waals surface area (Å²) in [5, 5.41) is 9.37. The fourth-order valence-electron chi connectivity index (χ4n) is 1.84. The molecular weight excluding hydrogens is 218 g/mol. The first kappa shape index (κ1) is 13.6. The summed E-state index contributed by atoms with van der Waals surface area (Å²) in [5.74, 6) is 4.90. The molecule has 1 amide bonds. The molecule has 0 fully saturated rings. The number of rotatable bonds is 5. The maximum absolute atomic E-state index is 11.8. The summed E-state index contributed by atoms with van der Waals surface area (Å²) >= 11 is 0. The van der Waals surface area contributed by atoms with E-state index in [0.29, 0.717) is 6.54 Å². The Labute approximate surface area is 101 Å². The standard InChI is InChI=1S/C12H19N3O2/c1-9(16)8-15(2)11(12(17)14-13)10-6-4-3-5-7-10/h3-7,9,11,16H,8,13H2,1-2H3,(H,14,17). The number of hydrazine groups is 1. The maximum atomic E-state index is 11.8. The van der Waals surface area contributed by atoms with E-state index in [1.807, 2.05) is 30.3 Å². The predicted octanol–water partition coefficient (Wildman–Crippen LogP) is 0.0302. The molecule has 2 unspecified atom stereocenters. The van der Waals surface area contributed by atoms with Crippen LogP contribution in [0.3, 0.4) is 0 Å². The van der Waals surface area contributed by atoms with Crippen LogP contribution in [0.5, 0.6) is 0 Å². The molecule has 4 N–H and O–H groups in total. The van der Waals surface area contributed by atoms with Crippen LogP contribution in [-0.2, 0) is 4.79 Å². The lowest BCUT2D eigenvalue weighted by Gasteiger charge is -2.27. The third-order valence-corrected chi connectivity index (χ3v) is 2.50. The smallest absolute Gasteiger partial charge is 0.255 e. The molecule has 94 valence electrons. The number of aliphatic hydroxyl groups is 1. The van der Waals surface area contributed by atoms with Crippen LogP contribution >= 0.6 is 0 Å². The SMILES string of the molecule is CC(O)CN(C)C(C(=O)NN)c1ccccc1. The minimum Gasteiger partial charge on any atom is -0.392 e. The summed E-state index contributed by atoms with van der Waals surface area (Å²) in [6, 6.07) is 8.84. The largest absolute Gasteiger partial charge is 0.392 e. The van der Waals surface area contributed by atoms with Gasteiger partial charge in [0, 0.05) is 6.54 Å². The van der Waals surface area contributed by atoms with E-state index in [2.05, 4.69) is 5.43 Å². The Bertz CT molecular complexity index is 354. The Balaban J connectivity index is 2.92. The average Bonchev–Trinajstić information content (AvgIpc) is 2.29. The molecule has 0 radical (unpaired) electrons. The van der Waals surface area contributed by atoms with Gasteiger partial charge in [0.25, 0.3) is 5.91 Å². The second-order valence-electron chi connectivity index (χ2n) is 4.11. The average molecular weight is 237 g/mol. The van der Waals surface area contributed by atoms with Gasteiger partial charge in [-0.1, -0.05) is 30.3 Å². The van der Waals surface area contributed by atoms with Crippen LogP contribution in [0.2, 0.25) is 0 Å². The minimum absolute atomic E-state index is 0.292. The highest BCUT2D eigenvalue weighted by atomic mass is 16.3. The van der Waals surface area contributed by atoms with Crippen molar-refractivity contribution in [2.45, 2.75) is 19.1 Å². The fourth-order valence-corrected chi connectivity index (χ4v) is 1.84. The topological polar surface area (TPSA) is 78.6 Å². The molecule has 17 heavy (non-hydrogen) atoms. The molecule has 5 nitrogen and oxygen atoms in total. The monoisotopic (exact) mass is 237 g/mol. The quantitative estimate of drug-likeness (QED) is 0.383. The molecule has 0 heterocycles. The highest BCUT2D eigenvalue weighted by Gasteiger charge is 2.24. The van der Waals surface area contributed by atoms with Gasteiger partial charge in [-0.15, -0.1) is 0 Å². The van der Waals surface area contributed by atoms with Gasteiger partial charge >= 0.3 is 0 Å². The van der Waals surface area contributed by atoms with Gasteiger partial charge in [-0.2, -0.15) is 0 Å². The Kier molecular flexibility index (Phi) is 5.09. The summed E-state index contributed by atoms with van der Waals surface area (Å²) in [4.78, 5) is 13.5. The molecule has 0 spiro atoms. The first-order valence-electron chi connectivity index (χ1n) is 5.50. The van der Waals surface area contributed by atoms with Gasteiger partial charge in [-0.05, 0) is 19.5 Å². The summed E-state index contributed by atoms with van der Waals surface area (Å²) in [6.07, 6.45) is -0.503. The number of benzene rings is 1. The molecule has 2 atom stereocenters. The van der Waals surface area contributed by atoms with Gasteiger partial charge in [0.1, 0.15) is 6.04 Å². The van der Waals surface area contributed by atoms with E-state index in [-0.39, 0.29) is 5.91 Å². The van der Waals surface area contributed by atoms with Crippen molar-refractivity contribution in [1.82, 2.24) is 10.3 Å². The van der Waals surface area contributed by atoms with Gasteiger partial charge in [0.15, 0.2) is 0 Å². The molecule has 1 aromatic rings. The van der Waals surface area contributed by atoms with Crippen LogP contribution < -0.4 is 11.3 Å². The summed E-state index contributed by atoms with van der Waals surface area (Å²) in [5.41, 5.74) is 3.00. The molecule has 0 saturated carbocycles. The molecule has 0 aliphatic heterocycles. The van der Waals surface area contributed by atoms with Gasteiger partial charge in [0.05, 0.1) is 6.10 Å². The molecule has 0 aromatic heterocycles. The van der Waals surface area contributed by atoms with Crippen LogP contribution in [0.25, 0.3) is 0 Å². The molecule has 0 aliphatic carbocycles. The van der Waals surface area contributed by atoms with E-state index in [0.717, 1.165) is 5.56 Å². The van der Waals surface area contributed by atoms with E-state index in [4.69, 9.17) is 5.84 Å². The number of aliphatic hydroxyl groups excluding tert-OH is 1. The second-order valence-corrected chi connectivity index (χ2v) is 4.11. The lowest BCUT2D eigenvalue weighted by atomic mass is 10.0. The van der Waals surface area contributed by atoms with Gasteiger partial charge < -0.3 is 5.11 Å². The third kappa shape index (κ3) is 3.81. The minimum atomic E-state index is -0.503. The Morgan fingerprint density at radius 3 is 2.53 bits per heavy atom. The van der Waals surface area contributed by atoms with Crippen molar-refractivity contribution in [2.75, 3.05) is 13.6 Å². The normalized spacial score (nSPS) is 14.4. The lowest BCUT2D eigenvalue weighted by molar-refractivity contribution is -0.126. The number of carbonyl (C=O) groups is 1. The highest BCUT2D eigenvalue weighted by molar-refractivity contribution is 5.82. The van der Waals surface area contributed by atoms with Crippen molar-refractivity contribution < 1.29 is 9.90 Å². The van der Waals surface area contributed by atoms with Crippen molar-refractivity contribution >= 4 is 5.91 Å². The zero-order valence-corrected chi connectivity index (χ0v) is 10.1. The van der Waals surface area contributed by atoms with Crippen molar-refractivity contribution in [1.29, 1.82) is 0 Å². The summed E-state index contributed by atoms with van der Waals surface area (Å²) in [6.45, 7) is 2.08. The van der Waals surface area contributed by atoms with Gasteiger partial charge in [0.2, 0.25) is 0 Å². The number of nitrogens with two attached hydrogens (primary N) is 1. The molecular formula is C12H19N3O2. The number of likely N-dealkylation sites (N-methyl/N-ethyl adjacent to an activating group) is 1. The molecule has 0 saturated heterocycles. The van der Waals surface area contributed by atoms with E-state index < -0.39 is 12.1 Å². The van der Waals surface area contributed by atoms with Crippen LogP contribution in [-0.4, -0.2) is 35.6 Å². The highest BCUT2D eigenvalue weighted by Crippen LogP contribution is 2.19. The fraction of sp³-hybridized carbons (Fsp3) is 0.417. The van der Waals surface area contributed by atoms with E-state index >= 15 is 0 Å². The molecule has 5 heteroatoms. The number of nitrogens with zero attached hydrogens (tertiary/aromatic N) is 1. The van der Waals surface area contributed by atoms with E-state index in [1.165, 1.54) is 0 Å². The zero-order chi connectivity index (χ0) is 12.8. The third-order valence-electron chi connectivity index (χ3n) is 2.50. The van der Waals surface area contributed by atoms with Crippen molar-refractivity contribution in [3.63, 3.8) is 0 Å². The maximum Gasteiger partial charge on any atom is 0.255 e. The summed E-state index contributed by atoms with van der Waals surface area (Å²) in [7, 11) is 1.78. The number of nitrogens with one attached hydrogen (secondary N) is 1. The number of hydrogen-bond acceptors (Lipinski definition) is 4. The van der Waals surface area contributed by atoms with Crippen LogP contribution in [0.4, 0.5) is 0 Å². The second kappa shape index (κ2) is 6.34. The van der Waals surface area contributed by atoms with Crippen molar-refractivity contribution in [3.05, 3.63) is 35.9 Å². The van der Waals surface area contributed by atoms with Crippen LogP contribution in [0.1, 0.15) is 18.5 Å². The van der Waals surface area contributed by atoms with Crippen LogP contribution in [0, 0.1) is 0 Å². The molecule has 0 aliphatic rings. The molecule has 0 bridgehead atoms. The number of carbonyl (C=O) groups excluding carboxylic acids is 1. The van der Waals surface area contributed by atoms with E-state index in [9.17, 15) is 9.90 Å². The number of amides is 1. The Morgan fingerprint density at radius 1 is 1.47 bits per heavy atom. The summed E-state index contributed by atoms with van der Waals surface area (Å²) < 4.78 is 0. The Morgan fingerprint density at radius 2 is 2.06 bits per heavy atom. The first-order valence-corrected chi connectivity index (χ1v) is 5.50. The predicted molar refractivity (Wildman–Crippen MR) is 65.8 cm³/mol. The molecule has 1 rings (SSSR count). The lowest BCUT2D eigenvalue weighted by Crippen LogP contribution is -2.43. The van der Waals surface area contributed by atoms with Crippen molar-refractivity contribution in [3.8, 4) is 0 Å².